The van der Waals surface area contributed by atoms with Crippen molar-refractivity contribution in [2.75, 3.05) is 11.9 Å². The Kier molecular flexibility index (Phi) is 4.35. The number of hydrogen-bond acceptors (Lipinski definition) is 2. The molecule has 2 N–H and O–H groups in total. The first kappa shape index (κ1) is 12.6. The number of carboxylic acid groups (broad SMARTS) is 1. The molecule has 1 aromatic carbocycles. The first-order valence-electron chi connectivity index (χ1n) is 5.58. The highest BCUT2D eigenvalue weighted by molar-refractivity contribution is 5.94. The maximum absolute atomic E-state index is 11.0. The molecule has 1 aromatic rings. The maximum atomic E-state index is 11.0. The third-order valence-corrected chi connectivity index (χ3v) is 2.44. The number of carbonyl (C=O) groups is 1. The maximum Gasteiger partial charge on any atom is 0.337 e. The van der Waals surface area contributed by atoms with Gasteiger partial charge in [-0.05, 0) is 31.4 Å². The Bertz CT molecular complexity index is 372. The van der Waals surface area contributed by atoms with Crippen molar-refractivity contribution in [2.45, 2.75) is 27.2 Å². The summed E-state index contributed by atoms with van der Waals surface area (Å²) in [6.45, 7) is 7.00. The van der Waals surface area contributed by atoms with Crippen molar-refractivity contribution in [1.82, 2.24) is 0 Å². The van der Waals surface area contributed by atoms with Gasteiger partial charge < -0.3 is 10.4 Å². The molecule has 1 rings (SSSR count). The average Bonchev–Trinajstić information content (AvgIpc) is 2.19. The summed E-state index contributed by atoms with van der Waals surface area (Å²) in [6, 6.07) is 5.45. The van der Waals surface area contributed by atoms with E-state index in [0.717, 1.165) is 18.5 Å². The van der Waals surface area contributed by atoms with Crippen molar-refractivity contribution in [3.63, 3.8) is 0 Å². The van der Waals surface area contributed by atoms with Gasteiger partial charge in [-0.3, -0.25) is 0 Å². The van der Waals surface area contributed by atoms with E-state index in [0.29, 0.717) is 17.2 Å². The second-order valence-corrected chi connectivity index (χ2v) is 4.46. The van der Waals surface area contributed by atoms with E-state index in [1.807, 2.05) is 19.1 Å². The van der Waals surface area contributed by atoms with Crippen LogP contribution >= 0.6 is 0 Å². The smallest absolute Gasteiger partial charge is 0.337 e. The average molecular weight is 221 g/mol. The lowest BCUT2D eigenvalue weighted by Crippen LogP contribution is -2.09. The van der Waals surface area contributed by atoms with E-state index < -0.39 is 5.97 Å². The normalized spacial score (nSPS) is 10.5. The Hall–Kier alpha value is -1.51. The van der Waals surface area contributed by atoms with Gasteiger partial charge in [0.05, 0.1) is 5.56 Å². The summed E-state index contributed by atoms with van der Waals surface area (Å²) >= 11 is 0. The summed E-state index contributed by atoms with van der Waals surface area (Å²) in [7, 11) is 0. The summed E-state index contributed by atoms with van der Waals surface area (Å²) in [5, 5.41) is 12.2. The molecule has 0 radical (unpaired) electrons. The Morgan fingerprint density at radius 2 is 2.12 bits per heavy atom. The Morgan fingerprint density at radius 1 is 1.44 bits per heavy atom. The van der Waals surface area contributed by atoms with Crippen LogP contribution < -0.4 is 5.32 Å². The highest BCUT2D eigenvalue weighted by Gasteiger charge is 2.09. The molecule has 3 nitrogen and oxygen atoms in total. The number of benzene rings is 1. The van der Waals surface area contributed by atoms with Gasteiger partial charge >= 0.3 is 5.97 Å². The van der Waals surface area contributed by atoms with Crippen LogP contribution in [0.3, 0.4) is 0 Å². The number of hydrogen-bond donors (Lipinski definition) is 2. The van der Waals surface area contributed by atoms with Gasteiger partial charge in [0.2, 0.25) is 0 Å². The largest absolute Gasteiger partial charge is 0.478 e. The van der Waals surface area contributed by atoms with E-state index in [1.54, 1.807) is 6.07 Å². The van der Waals surface area contributed by atoms with Crippen LogP contribution in [0.15, 0.2) is 18.2 Å². The predicted molar refractivity (Wildman–Crippen MR) is 66.1 cm³/mol. The zero-order chi connectivity index (χ0) is 12.1. The molecule has 0 aromatic heterocycles. The number of aromatic carboxylic acids is 1. The van der Waals surface area contributed by atoms with Gasteiger partial charge in [0.1, 0.15) is 0 Å². The zero-order valence-corrected chi connectivity index (χ0v) is 10.1. The van der Waals surface area contributed by atoms with Crippen molar-refractivity contribution < 1.29 is 9.90 Å². The Morgan fingerprint density at radius 3 is 2.69 bits per heavy atom. The van der Waals surface area contributed by atoms with Crippen molar-refractivity contribution in [1.29, 1.82) is 0 Å². The van der Waals surface area contributed by atoms with Gasteiger partial charge in [0.25, 0.3) is 0 Å². The second-order valence-electron chi connectivity index (χ2n) is 4.46. The molecular weight excluding hydrogens is 202 g/mol. The topological polar surface area (TPSA) is 49.3 Å². The highest BCUT2D eigenvalue weighted by Crippen LogP contribution is 2.17. The van der Waals surface area contributed by atoms with Crippen LogP contribution in [0.5, 0.6) is 0 Å². The van der Waals surface area contributed by atoms with E-state index in [2.05, 4.69) is 19.2 Å². The first-order valence-corrected chi connectivity index (χ1v) is 5.58. The first-order chi connectivity index (χ1) is 7.50. The van der Waals surface area contributed by atoms with Crippen LogP contribution in [-0.4, -0.2) is 17.6 Å². The van der Waals surface area contributed by atoms with Crippen molar-refractivity contribution in [3.8, 4) is 0 Å². The van der Waals surface area contributed by atoms with Crippen LogP contribution in [0, 0.1) is 12.8 Å². The van der Waals surface area contributed by atoms with Gasteiger partial charge in [-0.1, -0.05) is 25.5 Å². The highest BCUT2D eigenvalue weighted by atomic mass is 16.4. The molecular formula is C13H19NO2. The minimum absolute atomic E-state index is 0.351. The van der Waals surface area contributed by atoms with E-state index >= 15 is 0 Å². The van der Waals surface area contributed by atoms with Gasteiger partial charge in [-0.2, -0.15) is 0 Å². The van der Waals surface area contributed by atoms with Crippen molar-refractivity contribution in [3.05, 3.63) is 29.3 Å². The predicted octanol–water partition coefficient (Wildman–Crippen LogP) is 3.15. The van der Waals surface area contributed by atoms with Gasteiger partial charge in [0.15, 0.2) is 0 Å². The lowest BCUT2D eigenvalue weighted by atomic mass is 10.1. The molecule has 0 saturated heterocycles. The van der Waals surface area contributed by atoms with E-state index in [1.165, 1.54) is 0 Å². The molecule has 88 valence electrons. The molecule has 0 bridgehead atoms. The molecule has 16 heavy (non-hydrogen) atoms. The molecule has 0 aliphatic rings. The van der Waals surface area contributed by atoms with Gasteiger partial charge in [-0.15, -0.1) is 0 Å². The monoisotopic (exact) mass is 221 g/mol. The van der Waals surface area contributed by atoms with E-state index in [4.69, 9.17) is 5.11 Å². The van der Waals surface area contributed by atoms with Crippen LogP contribution in [0.4, 0.5) is 5.69 Å². The molecule has 0 saturated carbocycles. The number of carboxylic acids is 1. The molecule has 0 spiro atoms. The zero-order valence-electron chi connectivity index (χ0n) is 10.1. The van der Waals surface area contributed by atoms with Crippen LogP contribution in [0.2, 0.25) is 0 Å². The fraction of sp³-hybridized carbons (Fsp3) is 0.462. The molecule has 0 heterocycles. The van der Waals surface area contributed by atoms with Gasteiger partial charge in [-0.25, -0.2) is 4.79 Å². The molecule has 0 aliphatic carbocycles. The summed E-state index contributed by atoms with van der Waals surface area (Å²) in [5.41, 5.74) is 2.02. The number of rotatable bonds is 5. The fourth-order valence-corrected chi connectivity index (χ4v) is 1.48. The van der Waals surface area contributed by atoms with Crippen LogP contribution in [-0.2, 0) is 0 Å². The van der Waals surface area contributed by atoms with E-state index in [9.17, 15) is 4.79 Å². The third kappa shape index (κ3) is 3.57. The molecule has 3 heteroatoms. The standard InChI is InChI=1S/C13H19NO2/c1-9(2)6-7-14-12-5-4-10(3)8-11(12)13(15)16/h4-5,8-9,14H,6-7H2,1-3H3,(H,15,16). The quantitative estimate of drug-likeness (QED) is 0.803. The van der Waals surface area contributed by atoms with E-state index in [-0.39, 0.29) is 0 Å². The number of nitrogens with one attached hydrogen (secondary N) is 1. The lowest BCUT2D eigenvalue weighted by molar-refractivity contribution is 0.0698. The lowest BCUT2D eigenvalue weighted by Gasteiger charge is -2.11. The molecule has 0 amide bonds. The molecule has 0 unspecified atom stereocenters. The molecule has 0 fully saturated rings. The van der Waals surface area contributed by atoms with Crippen molar-refractivity contribution >= 4 is 11.7 Å². The summed E-state index contributed by atoms with van der Waals surface area (Å²) < 4.78 is 0. The second kappa shape index (κ2) is 5.54. The number of aryl methyl sites for hydroxylation is 1. The van der Waals surface area contributed by atoms with Gasteiger partial charge in [0, 0.05) is 12.2 Å². The van der Waals surface area contributed by atoms with Crippen molar-refractivity contribution in [2.24, 2.45) is 5.92 Å². The SMILES string of the molecule is Cc1ccc(NCCC(C)C)c(C(=O)O)c1. The van der Waals surface area contributed by atoms with Crippen LogP contribution in [0.25, 0.3) is 0 Å². The Labute approximate surface area is 96.5 Å². The molecule has 0 atom stereocenters. The minimum atomic E-state index is -0.879. The summed E-state index contributed by atoms with van der Waals surface area (Å²) in [4.78, 5) is 11.0. The number of anilines is 1. The molecule has 0 aliphatic heterocycles. The Balaban J connectivity index is 2.75. The van der Waals surface area contributed by atoms with Crippen LogP contribution in [0.1, 0.15) is 36.2 Å². The summed E-state index contributed by atoms with van der Waals surface area (Å²) in [5.74, 6) is -0.262. The fourth-order valence-electron chi connectivity index (χ4n) is 1.48. The third-order valence-electron chi connectivity index (χ3n) is 2.44. The minimum Gasteiger partial charge on any atom is -0.478 e. The summed E-state index contributed by atoms with van der Waals surface area (Å²) in [6.07, 6.45) is 1.03.